The molecule has 3 heteroatoms. The number of alkyl halides is 1. The maximum Gasteiger partial charge on any atom is 0.0720 e. The molecule has 0 unspecified atom stereocenters. The number of rotatable bonds is 2. The second kappa shape index (κ2) is 4.33. The quantitative estimate of drug-likeness (QED) is 0.764. The highest BCUT2D eigenvalue weighted by Crippen LogP contribution is 2.17. The van der Waals surface area contributed by atoms with Crippen molar-refractivity contribution in [1.82, 2.24) is 9.97 Å². The van der Waals surface area contributed by atoms with Crippen LogP contribution in [0.3, 0.4) is 0 Å². The summed E-state index contributed by atoms with van der Waals surface area (Å²) in [6.45, 7) is 0. The number of pyridine rings is 2. The third-order valence-electron chi connectivity index (χ3n) is 1.94. The molecule has 0 atom stereocenters. The number of aromatic nitrogens is 2. The molecule has 0 aliphatic rings. The molecule has 2 aromatic rings. The average Bonchev–Trinajstić information content (AvgIpc) is 2.30. The molecule has 0 fully saturated rings. The lowest BCUT2D eigenvalue weighted by Gasteiger charge is -2.01. The Morgan fingerprint density at radius 2 is 2.14 bits per heavy atom. The normalized spacial score (nSPS) is 10.1. The Morgan fingerprint density at radius 1 is 1.21 bits per heavy atom. The molecule has 2 rings (SSSR count). The van der Waals surface area contributed by atoms with Crippen LogP contribution in [0.5, 0.6) is 0 Å². The lowest BCUT2D eigenvalue weighted by molar-refractivity contribution is 1.25. The van der Waals surface area contributed by atoms with E-state index in [0.29, 0.717) is 0 Å². The first-order chi connectivity index (χ1) is 6.90. The van der Waals surface area contributed by atoms with Gasteiger partial charge in [-0.1, -0.05) is 15.9 Å². The van der Waals surface area contributed by atoms with Crippen molar-refractivity contribution in [1.29, 1.82) is 0 Å². The van der Waals surface area contributed by atoms with E-state index >= 15 is 0 Å². The Balaban J connectivity index is 2.42. The van der Waals surface area contributed by atoms with E-state index in [1.807, 2.05) is 30.6 Å². The second-order valence-corrected chi connectivity index (χ2v) is 3.49. The molecule has 0 aromatic carbocycles. The molecule has 0 saturated heterocycles. The predicted molar refractivity (Wildman–Crippen MR) is 60.1 cm³/mol. The van der Waals surface area contributed by atoms with E-state index in [-0.39, 0.29) is 0 Å². The van der Waals surface area contributed by atoms with Gasteiger partial charge in [-0.25, -0.2) is 0 Å². The van der Waals surface area contributed by atoms with Crippen molar-refractivity contribution in [2.75, 3.05) is 0 Å². The van der Waals surface area contributed by atoms with Crippen LogP contribution < -0.4 is 0 Å². The maximum atomic E-state index is 4.30. The van der Waals surface area contributed by atoms with E-state index in [4.69, 9.17) is 0 Å². The van der Waals surface area contributed by atoms with Crippen molar-refractivity contribution in [3.63, 3.8) is 0 Å². The molecular weight excluding hydrogens is 240 g/mol. The van der Waals surface area contributed by atoms with Gasteiger partial charge in [0.15, 0.2) is 0 Å². The minimum absolute atomic E-state index is 0.850. The first kappa shape index (κ1) is 9.34. The smallest absolute Gasteiger partial charge is 0.0720 e. The Morgan fingerprint density at radius 3 is 2.86 bits per heavy atom. The number of hydrogen-bond donors (Lipinski definition) is 0. The molecule has 2 aromatic heterocycles. The lowest BCUT2D eigenvalue weighted by atomic mass is 10.1. The van der Waals surface area contributed by atoms with Crippen LogP contribution in [0.15, 0.2) is 42.9 Å². The van der Waals surface area contributed by atoms with Crippen LogP contribution in [0.1, 0.15) is 5.56 Å². The van der Waals surface area contributed by atoms with E-state index in [9.17, 15) is 0 Å². The standard InChI is InChI=1S/C11H9BrN2/c12-7-9-3-5-14-11(6-9)10-2-1-4-13-8-10/h1-6,8H,7H2. The summed E-state index contributed by atoms with van der Waals surface area (Å²) in [5, 5.41) is 0.850. The number of nitrogens with zero attached hydrogens (tertiary/aromatic N) is 2. The van der Waals surface area contributed by atoms with Gasteiger partial charge in [0.05, 0.1) is 5.69 Å². The summed E-state index contributed by atoms with van der Waals surface area (Å²) in [5.41, 5.74) is 3.24. The minimum atomic E-state index is 0.850. The molecule has 0 aliphatic carbocycles. The lowest BCUT2D eigenvalue weighted by Crippen LogP contribution is -1.86. The summed E-state index contributed by atoms with van der Waals surface area (Å²) in [6, 6.07) is 7.98. The zero-order chi connectivity index (χ0) is 9.80. The van der Waals surface area contributed by atoms with Crippen molar-refractivity contribution >= 4 is 15.9 Å². The van der Waals surface area contributed by atoms with Crippen LogP contribution in [0.25, 0.3) is 11.3 Å². The van der Waals surface area contributed by atoms with E-state index in [2.05, 4.69) is 32.0 Å². The van der Waals surface area contributed by atoms with Crippen LogP contribution in [0.2, 0.25) is 0 Å². The summed E-state index contributed by atoms with van der Waals surface area (Å²) in [6.07, 6.45) is 5.40. The van der Waals surface area contributed by atoms with Gasteiger partial charge in [0.25, 0.3) is 0 Å². The van der Waals surface area contributed by atoms with E-state index in [0.717, 1.165) is 16.6 Å². The highest BCUT2D eigenvalue weighted by atomic mass is 79.9. The largest absolute Gasteiger partial charge is 0.264 e. The van der Waals surface area contributed by atoms with Gasteiger partial charge >= 0.3 is 0 Å². The molecule has 0 aliphatic heterocycles. The van der Waals surface area contributed by atoms with Crippen molar-refractivity contribution in [3.05, 3.63) is 48.4 Å². The molecule has 2 nitrogen and oxygen atoms in total. The highest BCUT2D eigenvalue weighted by Gasteiger charge is 1.99. The Labute approximate surface area is 91.2 Å². The molecule has 0 N–H and O–H groups in total. The highest BCUT2D eigenvalue weighted by molar-refractivity contribution is 9.08. The van der Waals surface area contributed by atoms with Crippen LogP contribution in [-0.2, 0) is 5.33 Å². The number of halogens is 1. The third kappa shape index (κ3) is 1.99. The first-order valence-corrected chi connectivity index (χ1v) is 5.43. The molecule has 70 valence electrons. The molecule has 2 heterocycles. The molecule has 0 bridgehead atoms. The molecular formula is C11H9BrN2. The van der Waals surface area contributed by atoms with Crippen molar-refractivity contribution in [2.24, 2.45) is 0 Å². The summed E-state index contributed by atoms with van der Waals surface area (Å²) in [4.78, 5) is 8.36. The SMILES string of the molecule is BrCc1ccnc(-c2cccnc2)c1. The van der Waals surface area contributed by atoms with Gasteiger partial charge in [-0.15, -0.1) is 0 Å². The Hall–Kier alpha value is -1.22. The fraction of sp³-hybridized carbons (Fsp3) is 0.0909. The van der Waals surface area contributed by atoms with Gasteiger partial charge in [0.1, 0.15) is 0 Å². The number of hydrogen-bond acceptors (Lipinski definition) is 2. The Bertz CT molecular complexity index is 415. The molecule has 0 amide bonds. The van der Waals surface area contributed by atoms with Crippen molar-refractivity contribution in [2.45, 2.75) is 5.33 Å². The van der Waals surface area contributed by atoms with E-state index < -0.39 is 0 Å². The van der Waals surface area contributed by atoms with Gasteiger partial charge < -0.3 is 0 Å². The van der Waals surface area contributed by atoms with Gasteiger partial charge in [0.2, 0.25) is 0 Å². The molecule has 0 spiro atoms. The zero-order valence-electron chi connectivity index (χ0n) is 7.52. The topological polar surface area (TPSA) is 25.8 Å². The average molecular weight is 249 g/mol. The minimum Gasteiger partial charge on any atom is -0.264 e. The predicted octanol–water partition coefficient (Wildman–Crippen LogP) is 3.04. The summed E-state index contributed by atoms with van der Waals surface area (Å²) in [7, 11) is 0. The summed E-state index contributed by atoms with van der Waals surface area (Å²) >= 11 is 3.42. The Kier molecular flexibility index (Phi) is 2.89. The van der Waals surface area contributed by atoms with Crippen LogP contribution in [0.4, 0.5) is 0 Å². The van der Waals surface area contributed by atoms with E-state index in [1.165, 1.54) is 5.56 Å². The maximum absolute atomic E-state index is 4.30. The molecule has 0 radical (unpaired) electrons. The van der Waals surface area contributed by atoms with Crippen LogP contribution in [-0.4, -0.2) is 9.97 Å². The van der Waals surface area contributed by atoms with Gasteiger partial charge in [-0.3, -0.25) is 9.97 Å². The first-order valence-electron chi connectivity index (χ1n) is 4.31. The summed E-state index contributed by atoms with van der Waals surface area (Å²) in [5.74, 6) is 0. The van der Waals surface area contributed by atoms with E-state index in [1.54, 1.807) is 6.20 Å². The van der Waals surface area contributed by atoms with Gasteiger partial charge in [-0.05, 0) is 29.8 Å². The van der Waals surface area contributed by atoms with Gasteiger partial charge in [0, 0.05) is 29.5 Å². The second-order valence-electron chi connectivity index (χ2n) is 2.92. The van der Waals surface area contributed by atoms with Crippen LogP contribution >= 0.6 is 15.9 Å². The fourth-order valence-electron chi connectivity index (χ4n) is 1.23. The monoisotopic (exact) mass is 248 g/mol. The van der Waals surface area contributed by atoms with Crippen LogP contribution in [0, 0.1) is 0 Å². The summed E-state index contributed by atoms with van der Waals surface area (Å²) < 4.78 is 0. The third-order valence-corrected chi connectivity index (χ3v) is 2.58. The molecule has 0 saturated carbocycles. The zero-order valence-corrected chi connectivity index (χ0v) is 9.11. The van der Waals surface area contributed by atoms with Crippen molar-refractivity contribution in [3.8, 4) is 11.3 Å². The van der Waals surface area contributed by atoms with Crippen molar-refractivity contribution < 1.29 is 0 Å². The fourth-order valence-corrected chi connectivity index (χ4v) is 1.58. The molecule has 14 heavy (non-hydrogen) atoms. The van der Waals surface area contributed by atoms with Gasteiger partial charge in [-0.2, -0.15) is 0 Å².